The molecule has 27 heavy (non-hydrogen) atoms. The molecule has 2 aromatic carbocycles. The largest absolute Gasteiger partial charge is 0.378 e. The molecule has 4 nitrogen and oxygen atoms in total. The van der Waals surface area contributed by atoms with Gasteiger partial charge in [0.05, 0.1) is 11.7 Å². The molecule has 1 aliphatic carbocycles. The Morgan fingerprint density at radius 2 is 1.67 bits per heavy atom. The number of anilines is 2. The summed E-state index contributed by atoms with van der Waals surface area (Å²) in [5.74, 6) is 0. The van der Waals surface area contributed by atoms with Crippen molar-refractivity contribution < 1.29 is 4.79 Å². The van der Waals surface area contributed by atoms with Gasteiger partial charge in [0.15, 0.2) is 0 Å². The molecule has 2 N–H and O–H groups in total. The lowest BCUT2D eigenvalue weighted by molar-refractivity contribution is 0.235. The van der Waals surface area contributed by atoms with Crippen LogP contribution >= 0.6 is 0 Å². The summed E-state index contributed by atoms with van der Waals surface area (Å²) in [4.78, 5) is 15.1. The molecular formula is C23H29N3O. The van der Waals surface area contributed by atoms with Crippen LogP contribution in [-0.4, -0.2) is 18.1 Å². The molecule has 1 saturated carbocycles. The SMILES string of the molecule is C[C@@H]1C[C@@H](Nc2ccccc2)c2ccccc2N1C(=O)NC1CCCCC1. The molecule has 0 spiro atoms. The van der Waals surface area contributed by atoms with Crippen LogP contribution in [0.3, 0.4) is 0 Å². The number of fused-ring (bicyclic) bond motifs is 1. The van der Waals surface area contributed by atoms with Gasteiger partial charge in [-0.05, 0) is 49.9 Å². The Hall–Kier alpha value is -2.49. The zero-order valence-electron chi connectivity index (χ0n) is 16.0. The van der Waals surface area contributed by atoms with Crippen molar-refractivity contribution in [1.29, 1.82) is 0 Å². The first kappa shape index (κ1) is 17.9. The number of para-hydroxylation sites is 2. The third kappa shape index (κ3) is 3.95. The highest BCUT2D eigenvalue weighted by atomic mass is 16.2. The lowest BCUT2D eigenvalue weighted by atomic mass is 9.91. The number of urea groups is 1. The van der Waals surface area contributed by atoms with Crippen molar-refractivity contribution in [3.8, 4) is 0 Å². The lowest BCUT2D eigenvalue weighted by Crippen LogP contribution is -2.51. The molecule has 2 aromatic rings. The van der Waals surface area contributed by atoms with E-state index in [0.717, 1.165) is 30.6 Å². The van der Waals surface area contributed by atoms with Crippen LogP contribution in [0.15, 0.2) is 54.6 Å². The Kier molecular flexibility index (Phi) is 5.33. The predicted octanol–water partition coefficient (Wildman–Crippen LogP) is 5.48. The Bertz CT molecular complexity index is 770. The highest BCUT2D eigenvalue weighted by Gasteiger charge is 2.34. The van der Waals surface area contributed by atoms with Crippen molar-refractivity contribution in [2.45, 2.75) is 63.6 Å². The highest BCUT2D eigenvalue weighted by molar-refractivity contribution is 5.94. The maximum atomic E-state index is 13.1. The first-order chi connectivity index (χ1) is 13.2. The first-order valence-electron chi connectivity index (χ1n) is 10.2. The molecule has 2 aliphatic rings. The van der Waals surface area contributed by atoms with Crippen molar-refractivity contribution in [1.82, 2.24) is 5.32 Å². The molecule has 1 heterocycles. The summed E-state index contributed by atoms with van der Waals surface area (Å²) < 4.78 is 0. The number of carbonyl (C=O) groups is 1. The second-order valence-corrected chi connectivity index (χ2v) is 7.86. The van der Waals surface area contributed by atoms with E-state index in [-0.39, 0.29) is 18.1 Å². The monoisotopic (exact) mass is 363 g/mol. The average molecular weight is 364 g/mol. The summed E-state index contributed by atoms with van der Waals surface area (Å²) in [6.07, 6.45) is 6.84. The van der Waals surface area contributed by atoms with Gasteiger partial charge in [-0.25, -0.2) is 4.79 Å². The van der Waals surface area contributed by atoms with E-state index >= 15 is 0 Å². The highest BCUT2D eigenvalue weighted by Crippen LogP contribution is 2.39. The minimum atomic E-state index is 0.0556. The van der Waals surface area contributed by atoms with E-state index in [1.165, 1.54) is 24.8 Å². The van der Waals surface area contributed by atoms with Crippen molar-refractivity contribution in [2.24, 2.45) is 0 Å². The fraction of sp³-hybridized carbons (Fsp3) is 0.435. The minimum absolute atomic E-state index is 0.0556. The van der Waals surface area contributed by atoms with Crippen LogP contribution in [0.4, 0.5) is 16.2 Å². The number of benzene rings is 2. The van der Waals surface area contributed by atoms with Crippen LogP contribution in [-0.2, 0) is 0 Å². The van der Waals surface area contributed by atoms with E-state index in [2.05, 4.69) is 47.9 Å². The molecule has 0 saturated heterocycles. The number of hydrogen-bond acceptors (Lipinski definition) is 2. The van der Waals surface area contributed by atoms with Crippen LogP contribution in [0.2, 0.25) is 0 Å². The van der Waals surface area contributed by atoms with Gasteiger partial charge in [-0.3, -0.25) is 4.90 Å². The maximum Gasteiger partial charge on any atom is 0.322 e. The smallest absolute Gasteiger partial charge is 0.322 e. The normalized spacial score (nSPS) is 22.8. The topological polar surface area (TPSA) is 44.4 Å². The fourth-order valence-electron chi connectivity index (χ4n) is 4.49. The van der Waals surface area contributed by atoms with Crippen LogP contribution in [0, 0.1) is 0 Å². The molecule has 2 atom stereocenters. The molecule has 1 fully saturated rings. The predicted molar refractivity (Wildman–Crippen MR) is 111 cm³/mol. The third-order valence-corrected chi connectivity index (χ3v) is 5.86. The molecule has 2 amide bonds. The second kappa shape index (κ2) is 8.03. The van der Waals surface area contributed by atoms with Gasteiger partial charge in [0.1, 0.15) is 0 Å². The molecular weight excluding hydrogens is 334 g/mol. The average Bonchev–Trinajstić information content (AvgIpc) is 2.69. The zero-order chi connectivity index (χ0) is 18.6. The molecule has 0 radical (unpaired) electrons. The molecule has 142 valence electrons. The van der Waals surface area contributed by atoms with E-state index in [1.807, 2.05) is 29.2 Å². The minimum Gasteiger partial charge on any atom is -0.378 e. The molecule has 0 unspecified atom stereocenters. The summed E-state index contributed by atoms with van der Waals surface area (Å²) in [7, 11) is 0. The van der Waals surface area contributed by atoms with Crippen LogP contribution in [0.1, 0.15) is 57.1 Å². The quantitative estimate of drug-likeness (QED) is 0.758. The Morgan fingerprint density at radius 1 is 0.963 bits per heavy atom. The molecule has 0 aromatic heterocycles. The van der Waals surface area contributed by atoms with E-state index in [0.29, 0.717) is 6.04 Å². The van der Waals surface area contributed by atoms with Crippen molar-refractivity contribution in [2.75, 3.05) is 10.2 Å². The van der Waals surface area contributed by atoms with Gasteiger partial charge >= 0.3 is 6.03 Å². The number of amides is 2. The summed E-state index contributed by atoms with van der Waals surface area (Å²) in [6, 6.07) is 19.3. The Balaban J connectivity index is 1.56. The second-order valence-electron chi connectivity index (χ2n) is 7.86. The fourth-order valence-corrected chi connectivity index (χ4v) is 4.49. The summed E-state index contributed by atoms with van der Waals surface area (Å²) >= 11 is 0. The van der Waals surface area contributed by atoms with Crippen LogP contribution in [0.5, 0.6) is 0 Å². The lowest BCUT2D eigenvalue weighted by Gasteiger charge is -2.40. The van der Waals surface area contributed by atoms with Gasteiger partial charge in [0, 0.05) is 17.8 Å². The summed E-state index contributed by atoms with van der Waals surface area (Å²) in [6.45, 7) is 2.15. The van der Waals surface area contributed by atoms with E-state index in [9.17, 15) is 4.79 Å². The Morgan fingerprint density at radius 3 is 2.44 bits per heavy atom. The molecule has 1 aliphatic heterocycles. The molecule has 4 heteroatoms. The maximum absolute atomic E-state index is 13.1. The van der Waals surface area contributed by atoms with Gasteiger partial charge in [-0.1, -0.05) is 55.7 Å². The van der Waals surface area contributed by atoms with Gasteiger partial charge < -0.3 is 10.6 Å². The van der Waals surface area contributed by atoms with Gasteiger partial charge in [-0.2, -0.15) is 0 Å². The van der Waals surface area contributed by atoms with Crippen molar-refractivity contribution >= 4 is 17.4 Å². The standard InChI is InChI=1S/C23H29N3O/c1-17-16-21(24-18-10-4-2-5-11-18)20-14-8-9-15-22(20)26(17)23(27)25-19-12-6-3-7-13-19/h2,4-5,8-11,14-15,17,19,21,24H,3,6-7,12-13,16H2,1H3,(H,25,27)/t17-,21-/m1/s1. The first-order valence-corrected chi connectivity index (χ1v) is 10.2. The number of carbonyl (C=O) groups excluding carboxylic acids is 1. The number of nitrogens with zero attached hydrogens (tertiary/aromatic N) is 1. The molecule has 4 rings (SSSR count). The van der Waals surface area contributed by atoms with Gasteiger partial charge in [0.25, 0.3) is 0 Å². The number of rotatable bonds is 3. The third-order valence-electron chi connectivity index (χ3n) is 5.86. The van der Waals surface area contributed by atoms with Crippen molar-refractivity contribution in [3.63, 3.8) is 0 Å². The van der Waals surface area contributed by atoms with Crippen LogP contribution < -0.4 is 15.5 Å². The molecule has 0 bridgehead atoms. The van der Waals surface area contributed by atoms with E-state index in [4.69, 9.17) is 0 Å². The Labute approximate surface area is 162 Å². The number of nitrogens with one attached hydrogen (secondary N) is 2. The number of hydrogen-bond donors (Lipinski definition) is 2. The van der Waals surface area contributed by atoms with Gasteiger partial charge in [0.2, 0.25) is 0 Å². The summed E-state index contributed by atoms with van der Waals surface area (Å²) in [5.41, 5.74) is 3.33. The van der Waals surface area contributed by atoms with E-state index < -0.39 is 0 Å². The zero-order valence-corrected chi connectivity index (χ0v) is 16.0. The summed E-state index contributed by atoms with van der Waals surface area (Å²) in [5, 5.41) is 6.94. The van der Waals surface area contributed by atoms with Crippen LogP contribution in [0.25, 0.3) is 0 Å². The van der Waals surface area contributed by atoms with Gasteiger partial charge in [-0.15, -0.1) is 0 Å². The van der Waals surface area contributed by atoms with E-state index in [1.54, 1.807) is 0 Å². The van der Waals surface area contributed by atoms with Crippen molar-refractivity contribution in [3.05, 3.63) is 60.2 Å².